The zero-order valence-corrected chi connectivity index (χ0v) is 16.8. The maximum Gasteiger partial charge on any atom is 0.394 e. The summed E-state index contributed by atoms with van der Waals surface area (Å²) in [5.74, 6) is -3.29. The van der Waals surface area contributed by atoms with Crippen LogP contribution in [-0.2, 0) is 14.3 Å². The van der Waals surface area contributed by atoms with Gasteiger partial charge in [0.05, 0.1) is 29.2 Å². The number of carbonyl (C=O) groups excluding carboxylic acids is 1. The van der Waals surface area contributed by atoms with E-state index >= 15 is 0 Å². The maximum absolute atomic E-state index is 14.9. The van der Waals surface area contributed by atoms with Crippen molar-refractivity contribution in [2.45, 2.75) is 18.3 Å². The number of ether oxygens (including phenoxy) is 1. The van der Waals surface area contributed by atoms with Crippen molar-refractivity contribution < 1.29 is 28.3 Å². The molecule has 1 aromatic heterocycles. The minimum atomic E-state index is -1.67. The first-order chi connectivity index (χ1) is 13.9. The molecule has 1 aliphatic heterocycles. The predicted octanol–water partition coefficient (Wildman–Crippen LogP) is 3.30. The van der Waals surface area contributed by atoms with Crippen LogP contribution in [0.2, 0.25) is 5.02 Å². The number of halogens is 2. The summed E-state index contributed by atoms with van der Waals surface area (Å²) in [5, 5.41) is 17.0. The van der Waals surface area contributed by atoms with Gasteiger partial charge in [0, 0.05) is 24.5 Å². The number of para-hydroxylation sites is 1. The van der Waals surface area contributed by atoms with Crippen molar-refractivity contribution in [3.63, 3.8) is 0 Å². The molecule has 154 valence electrons. The molecule has 1 aliphatic rings. The highest BCUT2D eigenvalue weighted by molar-refractivity contribution is 8.04. The van der Waals surface area contributed by atoms with Crippen molar-refractivity contribution in [1.29, 1.82) is 0 Å². The molecule has 1 unspecified atom stereocenters. The summed E-state index contributed by atoms with van der Waals surface area (Å²) in [6.07, 6.45) is 1.54. The van der Waals surface area contributed by atoms with Gasteiger partial charge in [0.1, 0.15) is 5.82 Å². The molecule has 2 heterocycles. The fourth-order valence-electron chi connectivity index (χ4n) is 2.88. The van der Waals surface area contributed by atoms with Gasteiger partial charge in [-0.2, -0.15) is 0 Å². The standard InChI is InChI=1S/C18H17ClFN3O5S/c1-2-27-9-7-18(22-16(24)17(25)26)23(15-11(19)4-3-5-12(15)20)13(10-29-18)14-6-8-21-28-14/h3-6,8,10H,2,7,9H2,1H3,(H,22,24)(H,25,26). The smallest absolute Gasteiger partial charge is 0.394 e. The van der Waals surface area contributed by atoms with Crippen LogP contribution in [0.5, 0.6) is 0 Å². The van der Waals surface area contributed by atoms with Gasteiger partial charge in [-0.05, 0) is 19.1 Å². The molecule has 0 aliphatic carbocycles. The lowest BCUT2D eigenvalue weighted by Gasteiger charge is -2.40. The lowest BCUT2D eigenvalue weighted by Crippen LogP contribution is -2.58. The molecule has 1 amide bonds. The highest BCUT2D eigenvalue weighted by Gasteiger charge is 2.48. The van der Waals surface area contributed by atoms with Crippen LogP contribution in [0.4, 0.5) is 10.1 Å². The number of aromatic nitrogens is 1. The second kappa shape index (κ2) is 8.85. The number of hydrogen-bond donors (Lipinski definition) is 2. The average molecular weight is 442 g/mol. The second-order valence-corrected chi connectivity index (χ2v) is 7.45. The summed E-state index contributed by atoms with van der Waals surface area (Å²) in [4.78, 5) is 23.3. The van der Waals surface area contributed by atoms with E-state index < -0.39 is 22.7 Å². The van der Waals surface area contributed by atoms with Gasteiger partial charge in [0.2, 0.25) is 0 Å². The van der Waals surface area contributed by atoms with Crippen LogP contribution in [0.3, 0.4) is 0 Å². The third-order valence-corrected chi connectivity index (χ3v) is 5.64. The highest BCUT2D eigenvalue weighted by Crippen LogP contribution is 2.50. The van der Waals surface area contributed by atoms with Crippen molar-refractivity contribution in [1.82, 2.24) is 10.5 Å². The molecule has 0 bridgehead atoms. The van der Waals surface area contributed by atoms with Crippen molar-refractivity contribution in [3.05, 3.63) is 52.5 Å². The normalized spacial score (nSPS) is 18.6. The molecule has 0 fully saturated rings. The summed E-state index contributed by atoms with van der Waals surface area (Å²) in [6.45, 7) is 2.38. The van der Waals surface area contributed by atoms with Crippen LogP contribution in [0.25, 0.3) is 5.70 Å². The van der Waals surface area contributed by atoms with Crippen molar-refractivity contribution in [3.8, 4) is 0 Å². The Kier molecular flexibility index (Phi) is 6.46. The van der Waals surface area contributed by atoms with Crippen LogP contribution in [-0.4, -0.2) is 40.3 Å². The summed E-state index contributed by atoms with van der Waals surface area (Å²) < 4.78 is 25.5. The predicted molar refractivity (Wildman–Crippen MR) is 106 cm³/mol. The molecule has 0 radical (unpaired) electrons. The van der Waals surface area contributed by atoms with Gasteiger partial charge < -0.3 is 24.6 Å². The Hall–Kier alpha value is -2.56. The first kappa shape index (κ1) is 21.2. The van der Waals surface area contributed by atoms with Crippen LogP contribution >= 0.6 is 23.4 Å². The fourth-order valence-corrected chi connectivity index (χ4v) is 4.30. The monoisotopic (exact) mass is 441 g/mol. The SMILES string of the molecule is CCOCCC1(NC(=O)C(=O)O)SC=C(c2ccno2)N1c1c(F)cccc1Cl. The van der Waals surface area contributed by atoms with Crippen molar-refractivity contribution in [2.75, 3.05) is 18.1 Å². The molecule has 29 heavy (non-hydrogen) atoms. The van der Waals surface area contributed by atoms with Gasteiger partial charge in [-0.3, -0.25) is 4.79 Å². The van der Waals surface area contributed by atoms with E-state index in [0.29, 0.717) is 18.1 Å². The topological polar surface area (TPSA) is 105 Å². The Morgan fingerprint density at radius 3 is 2.86 bits per heavy atom. The number of amides is 1. The van der Waals surface area contributed by atoms with Crippen molar-refractivity contribution >= 4 is 46.6 Å². The van der Waals surface area contributed by atoms with E-state index in [4.69, 9.17) is 26.0 Å². The molecule has 2 aromatic rings. The van der Waals surface area contributed by atoms with Gasteiger partial charge in [0.25, 0.3) is 0 Å². The molecule has 3 rings (SSSR count). The largest absolute Gasteiger partial charge is 0.474 e. The van der Waals surface area contributed by atoms with E-state index in [1.165, 1.54) is 29.3 Å². The van der Waals surface area contributed by atoms with E-state index in [-0.39, 0.29) is 23.7 Å². The second-order valence-electron chi connectivity index (χ2n) is 5.89. The highest BCUT2D eigenvalue weighted by atomic mass is 35.5. The number of nitrogens with zero attached hydrogens (tertiary/aromatic N) is 2. The number of carbonyl (C=O) groups is 2. The van der Waals surface area contributed by atoms with E-state index in [9.17, 15) is 14.0 Å². The summed E-state index contributed by atoms with van der Waals surface area (Å²) in [6, 6.07) is 5.72. The minimum Gasteiger partial charge on any atom is -0.474 e. The molecular formula is C18H17ClFN3O5S. The van der Waals surface area contributed by atoms with E-state index in [0.717, 1.165) is 11.8 Å². The minimum absolute atomic E-state index is 0.0380. The van der Waals surface area contributed by atoms with Gasteiger partial charge in [-0.1, -0.05) is 34.6 Å². The first-order valence-corrected chi connectivity index (χ1v) is 9.82. The molecular weight excluding hydrogens is 425 g/mol. The zero-order valence-electron chi connectivity index (χ0n) is 15.2. The number of hydrogen-bond acceptors (Lipinski definition) is 7. The van der Waals surface area contributed by atoms with Crippen LogP contribution in [0.1, 0.15) is 19.1 Å². The van der Waals surface area contributed by atoms with Crippen LogP contribution < -0.4 is 10.2 Å². The third-order valence-electron chi connectivity index (χ3n) is 4.11. The quantitative estimate of drug-likeness (QED) is 0.498. The summed E-state index contributed by atoms with van der Waals surface area (Å²) >= 11 is 7.39. The van der Waals surface area contributed by atoms with E-state index in [2.05, 4.69) is 10.5 Å². The van der Waals surface area contributed by atoms with Gasteiger partial charge in [0.15, 0.2) is 10.8 Å². The Bertz CT molecular complexity index is 919. The molecule has 1 atom stereocenters. The molecule has 2 N–H and O–H groups in total. The van der Waals surface area contributed by atoms with Gasteiger partial charge >= 0.3 is 11.9 Å². The molecule has 0 saturated heterocycles. The molecule has 11 heteroatoms. The number of carboxylic acid groups (broad SMARTS) is 1. The average Bonchev–Trinajstić information content (AvgIpc) is 3.31. The maximum atomic E-state index is 14.9. The fraction of sp³-hybridized carbons (Fsp3) is 0.278. The first-order valence-electron chi connectivity index (χ1n) is 8.56. The van der Waals surface area contributed by atoms with Gasteiger partial charge in [-0.15, -0.1) is 0 Å². The van der Waals surface area contributed by atoms with Crippen LogP contribution in [0.15, 0.2) is 40.4 Å². The molecule has 8 nitrogen and oxygen atoms in total. The lowest BCUT2D eigenvalue weighted by atomic mass is 10.1. The number of carboxylic acids is 1. The van der Waals surface area contributed by atoms with E-state index in [1.807, 2.05) is 0 Å². The van der Waals surface area contributed by atoms with Gasteiger partial charge in [-0.25, -0.2) is 9.18 Å². The zero-order chi connectivity index (χ0) is 21.0. The molecule has 1 aromatic carbocycles. The third kappa shape index (κ3) is 4.24. The number of aliphatic carboxylic acids is 1. The Morgan fingerprint density at radius 2 is 2.24 bits per heavy atom. The summed E-state index contributed by atoms with van der Waals surface area (Å²) in [7, 11) is 0. The van der Waals surface area contributed by atoms with Crippen molar-refractivity contribution in [2.24, 2.45) is 0 Å². The Labute approximate surface area is 174 Å². The number of nitrogens with one attached hydrogen (secondary N) is 1. The van der Waals surface area contributed by atoms with Crippen LogP contribution in [0, 0.1) is 5.82 Å². The Balaban J connectivity index is 2.14. The molecule has 0 spiro atoms. The summed E-state index contributed by atoms with van der Waals surface area (Å²) in [5.41, 5.74) is 0.325. The van der Waals surface area contributed by atoms with E-state index in [1.54, 1.807) is 18.4 Å². The number of rotatable bonds is 7. The lowest BCUT2D eigenvalue weighted by molar-refractivity contribution is -0.150. The number of thioether (sulfide) groups is 1. The Morgan fingerprint density at radius 1 is 1.45 bits per heavy atom. The number of benzene rings is 1. The number of anilines is 1. The molecule has 0 saturated carbocycles.